The molecule has 4 bridgehead atoms. The van der Waals surface area contributed by atoms with Crippen molar-refractivity contribution in [1.29, 1.82) is 0 Å². The Morgan fingerprint density at radius 1 is 0.536 bits per heavy atom. The first kappa shape index (κ1) is 39.8. The molecule has 10 aliphatic carbocycles. The number of hydrogen-bond acceptors (Lipinski definition) is 5. The number of carbonyl (C=O) groups excluding carboxylic acids is 1. The van der Waals surface area contributed by atoms with Gasteiger partial charge in [0.05, 0.1) is 23.7 Å². The van der Waals surface area contributed by atoms with Crippen LogP contribution in [0.3, 0.4) is 0 Å². The fourth-order valence-electron chi connectivity index (χ4n) is 17.8. The summed E-state index contributed by atoms with van der Waals surface area (Å²) in [6.07, 6.45) is 13.3. The summed E-state index contributed by atoms with van der Waals surface area (Å²) < 4.78 is 0. The van der Waals surface area contributed by atoms with Gasteiger partial charge in [0, 0.05) is 21.7 Å². The van der Waals surface area contributed by atoms with E-state index in [1.807, 2.05) is 0 Å². The van der Waals surface area contributed by atoms with Gasteiger partial charge >= 0.3 is 23.9 Å². The molecule has 9 heteroatoms. The zero-order valence-corrected chi connectivity index (χ0v) is 34.9. The fraction of sp³-hybridized carbons (Fsp3) is 0.809. The molecule has 0 saturated heterocycles. The molecule has 16 unspecified atom stereocenters. The Morgan fingerprint density at radius 3 is 1.20 bits per heavy atom. The molecule has 6 saturated carbocycles. The van der Waals surface area contributed by atoms with Crippen LogP contribution in [0.2, 0.25) is 0 Å². The van der Waals surface area contributed by atoms with Gasteiger partial charge in [-0.3, -0.25) is 24.0 Å². The van der Waals surface area contributed by atoms with Crippen LogP contribution >= 0.6 is 0 Å². The third kappa shape index (κ3) is 4.81. The minimum absolute atomic E-state index is 0.0285. The lowest BCUT2D eigenvalue weighted by Crippen LogP contribution is -2.69. The summed E-state index contributed by atoms with van der Waals surface area (Å²) in [4.78, 5) is 68.1. The highest BCUT2D eigenvalue weighted by Gasteiger charge is 2.74. The van der Waals surface area contributed by atoms with Gasteiger partial charge in [0.25, 0.3) is 0 Å². The van der Waals surface area contributed by atoms with Gasteiger partial charge in [-0.1, -0.05) is 91.5 Å². The number of aliphatic carboxylic acids is 4. The molecule has 2 spiro atoms. The molecule has 308 valence electrons. The van der Waals surface area contributed by atoms with E-state index in [1.165, 1.54) is 0 Å². The summed E-state index contributed by atoms with van der Waals surface area (Å²) in [7, 11) is 0. The van der Waals surface area contributed by atoms with E-state index in [1.54, 1.807) is 0 Å². The van der Waals surface area contributed by atoms with Crippen molar-refractivity contribution in [3.05, 3.63) is 23.3 Å². The molecule has 0 aromatic rings. The Morgan fingerprint density at radius 2 is 0.893 bits per heavy atom. The number of rotatable bonds is 8. The number of ketones is 1. The van der Waals surface area contributed by atoms with Crippen LogP contribution in [-0.2, 0) is 24.0 Å². The van der Waals surface area contributed by atoms with Crippen LogP contribution in [0.25, 0.3) is 0 Å². The van der Waals surface area contributed by atoms with E-state index in [-0.39, 0.29) is 58.2 Å². The number of hydrogen-bond donors (Lipinski definition) is 4. The number of carbonyl (C=O) groups is 5. The molecule has 56 heavy (non-hydrogen) atoms. The van der Waals surface area contributed by atoms with Crippen molar-refractivity contribution < 1.29 is 44.4 Å². The van der Waals surface area contributed by atoms with Crippen LogP contribution in [0.5, 0.6) is 0 Å². The summed E-state index contributed by atoms with van der Waals surface area (Å²) in [5.74, 6) is -8.04. The maximum Gasteiger partial charge on any atom is 0.308 e. The lowest BCUT2D eigenvalue weighted by Gasteiger charge is -2.71. The normalized spacial score (nSPS) is 50.2. The minimum Gasteiger partial charge on any atom is -0.481 e. The molecule has 0 aromatic heterocycles. The predicted octanol–water partition coefficient (Wildman–Crippen LogP) is 9.01. The van der Waals surface area contributed by atoms with E-state index in [0.29, 0.717) is 44.3 Å². The Balaban J connectivity index is 1.17. The second-order valence-corrected chi connectivity index (χ2v) is 22.0. The second-order valence-electron chi connectivity index (χ2n) is 22.0. The molecule has 4 N–H and O–H groups in total. The van der Waals surface area contributed by atoms with Gasteiger partial charge in [-0.15, -0.1) is 0 Å². The molecule has 16 atom stereocenters. The third-order valence-corrected chi connectivity index (χ3v) is 19.5. The van der Waals surface area contributed by atoms with E-state index in [9.17, 15) is 39.6 Å². The van der Waals surface area contributed by atoms with Crippen LogP contribution in [0.15, 0.2) is 23.3 Å². The topological polar surface area (TPSA) is 166 Å². The first-order chi connectivity index (χ1) is 26.1. The van der Waals surface area contributed by atoms with Crippen LogP contribution < -0.4 is 0 Å². The van der Waals surface area contributed by atoms with Gasteiger partial charge in [0.2, 0.25) is 0 Å². The minimum atomic E-state index is -1.02. The standard InChI is InChI=1S/C47H66O9/c1-23(2)27-21-46-17-11-29-42(5,31(46)19-25(27)33(37(48)49)35(46)39(52)53)13-9-15-44(29,7)41(56)45(8)16-10-14-43(6)30(45)12-18-47-22-28(24(3)4)26(20-32(43)47)34(38(50)51)36(47)40(54)55/h21-26,29-36H,9-20H2,1-8H3,(H,48,49)(H,50,51)(H,52,53)(H,54,55). The van der Waals surface area contributed by atoms with Crippen molar-refractivity contribution in [1.82, 2.24) is 0 Å². The molecule has 10 aliphatic rings. The lowest BCUT2D eigenvalue weighted by atomic mass is 9.32. The van der Waals surface area contributed by atoms with Crippen molar-refractivity contribution in [2.75, 3.05) is 0 Å². The summed E-state index contributed by atoms with van der Waals surface area (Å²) in [6.45, 7) is 17.4. The maximum atomic E-state index is 16.0. The molecule has 9 nitrogen and oxygen atoms in total. The van der Waals surface area contributed by atoms with Crippen LogP contribution in [0.4, 0.5) is 0 Å². The van der Waals surface area contributed by atoms with Gasteiger partial charge in [-0.25, -0.2) is 0 Å². The zero-order chi connectivity index (χ0) is 40.9. The smallest absolute Gasteiger partial charge is 0.308 e. The van der Waals surface area contributed by atoms with Gasteiger partial charge in [0.15, 0.2) is 0 Å². The third-order valence-electron chi connectivity index (χ3n) is 19.5. The molecule has 0 aliphatic heterocycles. The molecular weight excluding hydrogens is 709 g/mol. The zero-order valence-electron chi connectivity index (χ0n) is 34.9. The molecule has 0 radical (unpaired) electrons. The second kappa shape index (κ2) is 12.5. The van der Waals surface area contributed by atoms with Crippen LogP contribution in [-0.4, -0.2) is 50.1 Å². The van der Waals surface area contributed by atoms with E-state index in [2.05, 4.69) is 67.5 Å². The first-order valence-electron chi connectivity index (χ1n) is 22.0. The fourth-order valence-corrected chi connectivity index (χ4v) is 17.8. The summed E-state index contributed by atoms with van der Waals surface area (Å²) in [5.41, 5.74) is -1.29. The molecule has 10 rings (SSSR count). The largest absolute Gasteiger partial charge is 0.481 e. The van der Waals surface area contributed by atoms with E-state index in [0.717, 1.165) is 49.7 Å². The molecule has 0 aromatic carbocycles. The summed E-state index contributed by atoms with van der Waals surface area (Å²) in [6, 6.07) is 0. The number of carboxylic acids is 4. The number of carboxylic acid groups (broad SMARTS) is 4. The Kier molecular flexibility index (Phi) is 8.91. The number of fused-ring (bicyclic) bond motifs is 4. The van der Waals surface area contributed by atoms with Gasteiger partial charge < -0.3 is 20.4 Å². The molecule has 6 fully saturated rings. The Labute approximate surface area is 332 Å². The van der Waals surface area contributed by atoms with Crippen molar-refractivity contribution in [3.8, 4) is 0 Å². The highest BCUT2D eigenvalue weighted by atomic mass is 16.4. The summed E-state index contributed by atoms with van der Waals surface area (Å²) in [5, 5.41) is 42.6. The lowest BCUT2D eigenvalue weighted by molar-refractivity contribution is -0.215. The van der Waals surface area contributed by atoms with E-state index in [4.69, 9.17) is 0 Å². The van der Waals surface area contributed by atoms with E-state index < -0.39 is 69.2 Å². The Bertz CT molecular complexity index is 1700. The number of Topliss-reactive ketones (excluding diaryl/α,β-unsaturated/α-hetero) is 1. The highest BCUT2D eigenvalue weighted by Crippen LogP contribution is 2.77. The van der Waals surface area contributed by atoms with Crippen molar-refractivity contribution >= 4 is 29.7 Å². The quantitative estimate of drug-likeness (QED) is 0.176. The van der Waals surface area contributed by atoms with Gasteiger partial charge in [-0.05, 0) is 122 Å². The maximum absolute atomic E-state index is 16.0. The molecule has 0 heterocycles. The SMILES string of the molecule is CC(C)C1=CC23CCC4C(C)(C(=O)C5(C)CCCC6(C)C5CCC57C=C(C(C)C)C(CC65)C(C(=O)O)C7C(=O)O)CCCC4(C)C2CC1C(C(=O)O)C3C(=O)O. The van der Waals surface area contributed by atoms with Gasteiger partial charge in [0.1, 0.15) is 5.78 Å². The average molecular weight is 775 g/mol. The van der Waals surface area contributed by atoms with Gasteiger partial charge in [-0.2, -0.15) is 0 Å². The van der Waals surface area contributed by atoms with Crippen LogP contribution in [0, 0.1) is 104 Å². The highest BCUT2D eigenvalue weighted by molar-refractivity contribution is 5.91. The monoisotopic (exact) mass is 774 g/mol. The first-order valence-corrected chi connectivity index (χ1v) is 22.0. The van der Waals surface area contributed by atoms with Crippen molar-refractivity contribution in [3.63, 3.8) is 0 Å². The number of allylic oxidation sites excluding steroid dienone is 4. The average Bonchev–Trinajstić information content (AvgIpc) is 3.12. The Hall–Kier alpha value is -2.97. The van der Waals surface area contributed by atoms with Crippen molar-refractivity contribution in [2.45, 2.75) is 132 Å². The summed E-state index contributed by atoms with van der Waals surface area (Å²) >= 11 is 0. The molecule has 0 amide bonds. The van der Waals surface area contributed by atoms with Crippen LogP contribution in [0.1, 0.15) is 132 Å². The van der Waals surface area contributed by atoms with E-state index >= 15 is 4.79 Å². The predicted molar refractivity (Wildman–Crippen MR) is 209 cm³/mol. The van der Waals surface area contributed by atoms with Crippen molar-refractivity contribution in [2.24, 2.45) is 104 Å². The molecular formula is C47H66O9.